The lowest BCUT2D eigenvalue weighted by molar-refractivity contribution is -0.136. The minimum Gasteiger partial charge on any atom is -0.481 e. The van der Waals surface area contributed by atoms with Crippen molar-refractivity contribution < 1.29 is 9.90 Å². The number of anilines is 1. The number of hydrogen-bond donors (Lipinski definition) is 1. The van der Waals surface area contributed by atoms with E-state index in [1.807, 2.05) is 30.1 Å². The molecule has 5 heteroatoms. The zero-order chi connectivity index (χ0) is 15.4. The summed E-state index contributed by atoms with van der Waals surface area (Å²) in [7, 11) is 1.85. The molecule has 1 heterocycles. The molecule has 2 rings (SSSR count). The molecule has 0 aliphatic rings. The Bertz CT molecular complexity index is 734. The standard InChI is InChI=1S/C16H18N2O3/c1-3-9-18-14-6-5-13(17(2)10-8-16(20)21)11-12(14)4-7-15(18)19/h3-7,11H,1,8-10H2,2H3,(H,20,21). The van der Waals surface area contributed by atoms with Gasteiger partial charge >= 0.3 is 5.97 Å². The van der Waals surface area contributed by atoms with Gasteiger partial charge in [-0.15, -0.1) is 6.58 Å². The molecule has 1 N–H and O–H groups in total. The average Bonchev–Trinajstić information content (AvgIpc) is 2.47. The van der Waals surface area contributed by atoms with Gasteiger partial charge in [-0.3, -0.25) is 9.59 Å². The summed E-state index contributed by atoms with van der Waals surface area (Å²) in [5.41, 5.74) is 1.71. The van der Waals surface area contributed by atoms with Gasteiger partial charge in [-0.2, -0.15) is 0 Å². The molecule has 0 bridgehead atoms. The maximum absolute atomic E-state index is 11.9. The van der Waals surface area contributed by atoms with Gasteiger partial charge in [0.15, 0.2) is 0 Å². The third kappa shape index (κ3) is 3.31. The summed E-state index contributed by atoms with van der Waals surface area (Å²) in [5.74, 6) is -0.817. The van der Waals surface area contributed by atoms with E-state index < -0.39 is 5.97 Å². The van der Waals surface area contributed by atoms with Crippen LogP contribution in [-0.2, 0) is 11.3 Å². The fraction of sp³-hybridized carbons (Fsp3) is 0.250. The predicted molar refractivity (Wildman–Crippen MR) is 83.9 cm³/mol. The number of hydrogen-bond acceptors (Lipinski definition) is 3. The molecular formula is C16H18N2O3. The quantitative estimate of drug-likeness (QED) is 0.826. The molecule has 0 atom stereocenters. The van der Waals surface area contributed by atoms with Crippen LogP contribution in [0, 0.1) is 0 Å². The first kappa shape index (κ1) is 14.8. The van der Waals surface area contributed by atoms with E-state index in [1.165, 1.54) is 6.07 Å². The second-order valence-corrected chi connectivity index (χ2v) is 4.88. The molecule has 0 unspecified atom stereocenters. The minimum absolute atomic E-state index is 0.0608. The largest absolute Gasteiger partial charge is 0.481 e. The summed E-state index contributed by atoms with van der Waals surface area (Å²) in [6.45, 7) is 4.57. The third-order valence-electron chi connectivity index (χ3n) is 3.39. The second-order valence-electron chi connectivity index (χ2n) is 4.88. The number of allylic oxidation sites excluding steroid dienone is 1. The SMILES string of the molecule is C=CCn1c(=O)ccc2cc(N(C)CCC(=O)O)ccc21. The van der Waals surface area contributed by atoms with Gasteiger partial charge in [-0.05, 0) is 24.3 Å². The van der Waals surface area contributed by atoms with Crippen LogP contribution >= 0.6 is 0 Å². The molecule has 0 aliphatic heterocycles. The highest BCUT2D eigenvalue weighted by Crippen LogP contribution is 2.20. The first-order valence-electron chi connectivity index (χ1n) is 6.70. The van der Waals surface area contributed by atoms with Crippen molar-refractivity contribution in [3.63, 3.8) is 0 Å². The Kier molecular flexibility index (Phi) is 4.42. The van der Waals surface area contributed by atoms with Gasteiger partial charge in [-0.25, -0.2) is 0 Å². The predicted octanol–water partition coefficient (Wildman–Crippen LogP) is 2.10. The normalized spacial score (nSPS) is 10.5. The molecule has 0 radical (unpaired) electrons. The summed E-state index contributed by atoms with van der Waals surface area (Å²) < 4.78 is 1.66. The van der Waals surface area contributed by atoms with Crippen molar-refractivity contribution in [3.8, 4) is 0 Å². The van der Waals surface area contributed by atoms with Crippen molar-refractivity contribution in [2.75, 3.05) is 18.5 Å². The molecule has 2 aromatic rings. The highest BCUT2D eigenvalue weighted by molar-refractivity contribution is 5.83. The molecule has 0 amide bonds. The van der Waals surface area contributed by atoms with Crippen LogP contribution in [0.4, 0.5) is 5.69 Å². The van der Waals surface area contributed by atoms with Gasteiger partial charge in [0.25, 0.3) is 5.56 Å². The number of carboxylic acid groups (broad SMARTS) is 1. The van der Waals surface area contributed by atoms with E-state index >= 15 is 0 Å². The molecule has 5 nitrogen and oxygen atoms in total. The van der Waals surface area contributed by atoms with Crippen LogP contribution in [0.1, 0.15) is 6.42 Å². The lowest BCUT2D eigenvalue weighted by Crippen LogP contribution is -2.21. The van der Waals surface area contributed by atoms with Crippen molar-refractivity contribution in [2.45, 2.75) is 13.0 Å². The Morgan fingerprint density at radius 3 is 2.81 bits per heavy atom. The van der Waals surface area contributed by atoms with Gasteiger partial charge in [0.2, 0.25) is 0 Å². The number of aromatic nitrogens is 1. The van der Waals surface area contributed by atoms with Crippen LogP contribution in [0.25, 0.3) is 10.9 Å². The molecule has 110 valence electrons. The topological polar surface area (TPSA) is 62.5 Å². The number of carboxylic acids is 1. The van der Waals surface area contributed by atoms with Gasteiger partial charge in [-0.1, -0.05) is 6.08 Å². The Morgan fingerprint density at radius 2 is 2.14 bits per heavy atom. The molecule has 0 saturated carbocycles. The van der Waals surface area contributed by atoms with E-state index in [9.17, 15) is 9.59 Å². The van der Waals surface area contributed by atoms with Crippen molar-refractivity contribution in [1.29, 1.82) is 0 Å². The van der Waals surface area contributed by atoms with Gasteiger partial charge < -0.3 is 14.6 Å². The van der Waals surface area contributed by atoms with Crippen LogP contribution in [-0.4, -0.2) is 29.2 Å². The van der Waals surface area contributed by atoms with Gasteiger partial charge in [0.1, 0.15) is 0 Å². The molecule has 1 aromatic heterocycles. The number of aliphatic carboxylic acids is 1. The van der Waals surface area contributed by atoms with Crippen LogP contribution in [0.3, 0.4) is 0 Å². The number of rotatable bonds is 6. The fourth-order valence-corrected chi connectivity index (χ4v) is 2.24. The summed E-state index contributed by atoms with van der Waals surface area (Å²) >= 11 is 0. The Morgan fingerprint density at radius 1 is 1.38 bits per heavy atom. The fourth-order valence-electron chi connectivity index (χ4n) is 2.24. The van der Waals surface area contributed by atoms with Crippen LogP contribution < -0.4 is 10.5 Å². The van der Waals surface area contributed by atoms with Crippen LogP contribution in [0.5, 0.6) is 0 Å². The monoisotopic (exact) mass is 286 g/mol. The average molecular weight is 286 g/mol. The Hall–Kier alpha value is -2.56. The first-order chi connectivity index (χ1) is 10.0. The summed E-state index contributed by atoms with van der Waals surface area (Å²) in [6.07, 6.45) is 1.78. The third-order valence-corrected chi connectivity index (χ3v) is 3.39. The second kappa shape index (κ2) is 6.26. The number of carbonyl (C=O) groups is 1. The number of nitrogens with zero attached hydrogens (tertiary/aromatic N) is 2. The molecule has 0 spiro atoms. The minimum atomic E-state index is -0.817. The van der Waals surface area contributed by atoms with Gasteiger partial charge in [0.05, 0.1) is 11.9 Å². The lowest BCUT2D eigenvalue weighted by atomic mass is 10.1. The number of fused-ring (bicyclic) bond motifs is 1. The van der Waals surface area contributed by atoms with E-state index in [0.717, 1.165) is 16.6 Å². The Balaban J connectivity index is 2.38. The van der Waals surface area contributed by atoms with Crippen molar-refractivity contribution in [1.82, 2.24) is 4.57 Å². The zero-order valence-electron chi connectivity index (χ0n) is 12.0. The molecular weight excluding hydrogens is 268 g/mol. The van der Waals surface area contributed by atoms with Crippen LogP contribution in [0.15, 0.2) is 47.8 Å². The van der Waals surface area contributed by atoms with Crippen LogP contribution in [0.2, 0.25) is 0 Å². The van der Waals surface area contributed by atoms with Crippen molar-refractivity contribution in [2.24, 2.45) is 0 Å². The summed E-state index contributed by atoms with van der Waals surface area (Å²) in [4.78, 5) is 24.4. The maximum atomic E-state index is 11.9. The highest BCUT2D eigenvalue weighted by Gasteiger charge is 2.07. The van der Waals surface area contributed by atoms with E-state index in [4.69, 9.17) is 5.11 Å². The zero-order valence-corrected chi connectivity index (χ0v) is 12.0. The van der Waals surface area contributed by atoms with Crippen molar-refractivity contribution in [3.05, 3.63) is 53.3 Å². The number of pyridine rings is 1. The first-order valence-corrected chi connectivity index (χ1v) is 6.70. The molecule has 21 heavy (non-hydrogen) atoms. The van der Waals surface area contributed by atoms with E-state index in [0.29, 0.717) is 13.1 Å². The maximum Gasteiger partial charge on any atom is 0.305 e. The lowest BCUT2D eigenvalue weighted by Gasteiger charge is -2.19. The van der Waals surface area contributed by atoms with Crippen molar-refractivity contribution >= 4 is 22.6 Å². The van der Waals surface area contributed by atoms with Gasteiger partial charge in [0, 0.05) is 37.3 Å². The van der Waals surface area contributed by atoms with E-state index in [2.05, 4.69) is 6.58 Å². The molecule has 1 aromatic carbocycles. The summed E-state index contributed by atoms with van der Waals surface area (Å²) in [6, 6.07) is 9.05. The Labute approximate surface area is 122 Å². The molecule has 0 saturated heterocycles. The molecule has 0 fully saturated rings. The smallest absolute Gasteiger partial charge is 0.305 e. The number of benzene rings is 1. The summed E-state index contributed by atoms with van der Waals surface area (Å²) in [5, 5.41) is 9.67. The molecule has 0 aliphatic carbocycles. The van der Waals surface area contributed by atoms with E-state index in [-0.39, 0.29) is 12.0 Å². The van der Waals surface area contributed by atoms with E-state index in [1.54, 1.807) is 16.7 Å². The highest BCUT2D eigenvalue weighted by atomic mass is 16.4.